The van der Waals surface area contributed by atoms with E-state index in [0.717, 1.165) is 15.8 Å². The largest absolute Gasteiger partial charge is 0.450 e. The molecule has 3 heterocycles. The van der Waals surface area contributed by atoms with Crippen LogP contribution in [0.25, 0.3) is 21.2 Å². The normalized spacial score (nSPS) is 15.7. The van der Waals surface area contributed by atoms with Crippen LogP contribution in [0.2, 0.25) is 5.02 Å². The second kappa shape index (κ2) is 6.77. The van der Waals surface area contributed by atoms with E-state index in [0.29, 0.717) is 26.7 Å². The summed E-state index contributed by atoms with van der Waals surface area (Å²) in [7, 11) is 0. The molecule has 0 saturated carbocycles. The van der Waals surface area contributed by atoms with Gasteiger partial charge in [0, 0.05) is 5.02 Å². The minimum Gasteiger partial charge on any atom is -0.450 e. The van der Waals surface area contributed by atoms with E-state index in [4.69, 9.17) is 16.0 Å². The third-order valence-electron chi connectivity index (χ3n) is 5.43. The number of amides is 1. The van der Waals surface area contributed by atoms with Crippen molar-refractivity contribution in [1.29, 1.82) is 0 Å². The van der Waals surface area contributed by atoms with Crippen LogP contribution in [-0.2, 0) is 0 Å². The van der Waals surface area contributed by atoms with E-state index in [1.807, 2.05) is 30.3 Å². The van der Waals surface area contributed by atoms with Gasteiger partial charge in [0.15, 0.2) is 10.6 Å². The van der Waals surface area contributed by atoms with Crippen LogP contribution in [0.4, 0.5) is 5.13 Å². The van der Waals surface area contributed by atoms with Gasteiger partial charge in [-0.05, 0) is 42.0 Å². The van der Waals surface area contributed by atoms with E-state index < -0.39 is 6.04 Å². The number of benzene rings is 3. The third kappa shape index (κ3) is 2.72. The molecular formula is C24H13ClN2O3S. The van der Waals surface area contributed by atoms with E-state index >= 15 is 0 Å². The number of hydrogen-bond acceptors (Lipinski definition) is 5. The smallest absolute Gasteiger partial charge is 0.297 e. The number of hydrogen-bond donors (Lipinski definition) is 0. The highest BCUT2D eigenvalue weighted by atomic mass is 35.5. The first-order valence-electron chi connectivity index (χ1n) is 9.62. The molecule has 5 nitrogen and oxygen atoms in total. The third-order valence-corrected chi connectivity index (χ3v) is 6.70. The molecule has 150 valence electrons. The zero-order chi connectivity index (χ0) is 21.1. The first kappa shape index (κ1) is 18.3. The van der Waals surface area contributed by atoms with Gasteiger partial charge in [0.25, 0.3) is 5.91 Å². The summed E-state index contributed by atoms with van der Waals surface area (Å²) in [6, 6.07) is 21.1. The molecule has 0 saturated heterocycles. The van der Waals surface area contributed by atoms with Gasteiger partial charge in [-0.2, -0.15) is 0 Å². The first-order valence-corrected chi connectivity index (χ1v) is 10.8. The van der Waals surface area contributed by atoms with Crippen molar-refractivity contribution >= 4 is 55.2 Å². The lowest BCUT2D eigenvalue weighted by Gasteiger charge is -2.22. The van der Waals surface area contributed by atoms with Crippen LogP contribution in [-0.4, -0.2) is 10.9 Å². The van der Waals surface area contributed by atoms with Crippen LogP contribution in [0.1, 0.15) is 27.7 Å². The number of para-hydroxylation sites is 2. The lowest BCUT2D eigenvalue weighted by molar-refractivity contribution is 0.0971. The van der Waals surface area contributed by atoms with Crippen molar-refractivity contribution in [2.75, 3.05) is 4.90 Å². The van der Waals surface area contributed by atoms with Gasteiger partial charge in [-0.3, -0.25) is 14.5 Å². The van der Waals surface area contributed by atoms with Crippen LogP contribution in [0.15, 0.2) is 82.0 Å². The Morgan fingerprint density at radius 2 is 1.77 bits per heavy atom. The molecule has 2 aromatic heterocycles. The second-order valence-corrected chi connectivity index (χ2v) is 8.71. The maximum atomic E-state index is 13.6. The molecule has 0 spiro atoms. The molecule has 1 aliphatic rings. The summed E-state index contributed by atoms with van der Waals surface area (Å²) < 4.78 is 6.91. The van der Waals surface area contributed by atoms with E-state index in [-0.39, 0.29) is 17.1 Å². The molecule has 1 amide bonds. The summed E-state index contributed by atoms with van der Waals surface area (Å²) >= 11 is 7.66. The first-order chi connectivity index (χ1) is 15.1. The van der Waals surface area contributed by atoms with Gasteiger partial charge in [0.1, 0.15) is 5.58 Å². The van der Waals surface area contributed by atoms with Gasteiger partial charge in [-0.15, -0.1) is 0 Å². The summed E-state index contributed by atoms with van der Waals surface area (Å²) in [6.07, 6.45) is 0. The van der Waals surface area contributed by atoms with Gasteiger partial charge < -0.3 is 4.42 Å². The molecule has 1 unspecified atom stereocenters. The van der Waals surface area contributed by atoms with Crippen molar-refractivity contribution in [3.8, 4) is 0 Å². The predicted molar refractivity (Wildman–Crippen MR) is 122 cm³/mol. The highest BCUT2D eigenvalue weighted by molar-refractivity contribution is 7.22. The van der Waals surface area contributed by atoms with Gasteiger partial charge in [0.2, 0.25) is 5.76 Å². The Hall–Kier alpha value is -3.48. The number of thiazole rings is 1. The van der Waals surface area contributed by atoms with Crippen LogP contribution >= 0.6 is 22.9 Å². The van der Waals surface area contributed by atoms with Crippen molar-refractivity contribution in [1.82, 2.24) is 4.98 Å². The summed E-state index contributed by atoms with van der Waals surface area (Å²) in [6.45, 7) is 0. The molecular weight excluding hydrogens is 432 g/mol. The average Bonchev–Trinajstić information content (AvgIpc) is 3.33. The SMILES string of the molecule is O=C1c2oc3ccccc3c(=O)c2C(c2cccc(Cl)c2)N1c1nc2ccccc2s1. The molecule has 1 atom stereocenters. The van der Waals surface area contributed by atoms with E-state index in [9.17, 15) is 9.59 Å². The lowest BCUT2D eigenvalue weighted by atomic mass is 9.99. The molecule has 1 aliphatic heterocycles. The Morgan fingerprint density at radius 3 is 2.61 bits per heavy atom. The molecule has 0 bridgehead atoms. The Morgan fingerprint density at radius 1 is 0.968 bits per heavy atom. The number of anilines is 1. The molecule has 7 heteroatoms. The second-order valence-electron chi connectivity index (χ2n) is 7.27. The average molecular weight is 445 g/mol. The number of aromatic nitrogens is 1. The number of carbonyl (C=O) groups is 1. The zero-order valence-corrected chi connectivity index (χ0v) is 17.5. The summed E-state index contributed by atoms with van der Waals surface area (Å²) in [5, 5.41) is 1.46. The predicted octanol–water partition coefficient (Wildman–Crippen LogP) is 5.81. The Kier molecular flexibility index (Phi) is 4.00. The Balaban J connectivity index is 1.66. The Labute approximate surface area is 185 Å². The monoisotopic (exact) mass is 444 g/mol. The maximum absolute atomic E-state index is 13.6. The molecule has 0 aliphatic carbocycles. The van der Waals surface area contributed by atoms with Crippen molar-refractivity contribution in [3.63, 3.8) is 0 Å². The van der Waals surface area contributed by atoms with Crippen LogP contribution < -0.4 is 10.3 Å². The molecule has 0 fully saturated rings. The number of nitrogens with zero attached hydrogens (tertiary/aromatic N) is 2. The lowest BCUT2D eigenvalue weighted by Crippen LogP contribution is -2.29. The zero-order valence-electron chi connectivity index (χ0n) is 15.9. The molecule has 3 aromatic carbocycles. The van der Waals surface area contributed by atoms with Gasteiger partial charge in [-0.25, -0.2) is 4.98 Å². The number of fused-ring (bicyclic) bond motifs is 3. The summed E-state index contributed by atoms with van der Waals surface area (Å²) in [5.74, 6) is -0.338. The van der Waals surface area contributed by atoms with Crippen LogP contribution in [0.5, 0.6) is 0 Å². The number of carbonyl (C=O) groups excluding carboxylic acids is 1. The van der Waals surface area contributed by atoms with Gasteiger partial charge in [-0.1, -0.05) is 59.3 Å². The molecule has 0 N–H and O–H groups in total. The Bertz CT molecular complexity index is 1540. The number of halogens is 1. The fourth-order valence-electron chi connectivity index (χ4n) is 4.07. The van der Waals surface area contributed by atoms with Crippen LogP contribution in [0.3, 0.4) is 0 Å². The van der Waals surface area contributed by atoms with Gasteiger partial charge >= 0.3 is 0 Å². The van der Waals surface area contributed by atoms with Crippen LogP contribution in [0, 0.1) is 0 Å². The van der Waals surface area contributed by atoms with Gasteiger partial charge in [0.05, 0.1) is 27.2 Å². The summed E-state index contributed by atoms with van der Waals surface area (Å²) in [5.41, 5.74) is 1.99. The standard InChI is InChI=1S/C24H13ClN2O3S/c25-14-7-5-6-13(12-14)20-19-21(28)15-8-1-3-10-17(15)30-22(19)23(29)27(20)24-26-16-9-2-4-11-18(16)31-24/h1-12,20H. The van der Waals surface area contributed by atoms with Crippen molar-refractivity contribution in [2.45, 2.75) is 6.04 Å². The molecule has 0 radical (unpaired) electrons. The maximum Gasteiger partial charge on any atom is 0.297 e. The minimum atomic E-state index is -0.678. The number of rotatable bonds is 2. The van der Waals surface area contributed by atoms with E-state index in [1.54, 1.807) is 47.4 Å². The fourth-order valence-corrected chi connectivity index (χ4v) is 5.26. The van der Waals surface area contributed by atoms with Crippen molar-refractivity contribution in [2.24, 2.45) is 0 Å². The highest BCUT2D eigenvalue weighted by Gasteiger charge is 2.45. The van der Waals surface area contributed by atoms with E-state index in [1.165, 1.54) is 11.3 Å². The highest BCUT2D eigenvalue weighted by Crippen LogP contribution is 2.43. The fraction of sp³-hybridized carbons (Fsp3) is 0.0417. The molecule has 5 aromatic rings. The van der Waals surface area contributed by atoms with E-state index in [2.05, 4.69) is 4.98 Å². The molecule has 6 rings (SSSR count). The molecule has 31 heavy (non-hydrogen) atoms. The summed E-state index contributed by atoms with van der Waals surface area (Å²) in [4.78, 5) is 33.3. The van der Waals surface area contributed by atoms with Crippen molar-refractivity contribution in [3.05, 3.63) is 105 Å². The topological polar surface area (TPSA) is 63.4 Å². The minimum absolute atomic E-state index is 0.0490. The van der Waals surface area contributed by atoms with Crippen molar-refractivity contribution < 1.29 is 9.21 Å². The quantitative estimate of drug-likeness (QED) is 0.345.